The van der Waals surface area contributed by atoms with Crippen molar-refractivity contribution in [2.24, 2.45) is 0 Å². The van der Waals surface area contributed by atoms with Crippen LogP contribution in [0.3, 0.4) is 0 Å². The molecule has 0 radical (unpaired) electrons. The van der Waals surface area contributed by atoms with Crippen molar-refractivity contribution in [1.29, 1.82) is 0 Å². The summed E-state index contributed by atoms with van der Waals surface area (Å²) in [7, 11) is 0. The molecule has 5 aromatic rings. The molecule has 0 bridgehead atoms. The molecule has 0 unspecified atom stereocenters. The van der Waals surface area contributed by atoms with Crippen LogP contribution in [0.1, 0.15) is 47.6 Å². The molecule has 5 aromatic carbocycles. The summed E-state index contributed by atoms with van der Waals surface area (Å²) in [6, 6.07) is 42.3. The van der Waals surface area contributed by atoms with Crippen LogP contribution < -0.4 is 5.32 Å². The average molecular weight is 748 g/mol. The third-order valence-electron chi connectivity index (χ3n) is 6.80. The molecule has 0 atom stereocenters. The van der Waals surface area contributed by atoms with E-state index in [2.05, 4.69) is 64.2 Å². The summed E-state index contributed by atoms with van der Waals surface area (Å²) >= 11 is 0. The molecule has 0 amide bonds. The quantitative estimate of drug-likeness (QED) is 0.0896. The molecule has 0 heterocycles. The zero-order valence-corrected chi connectivity index (χ0v) is 29.9. The van der Waals surface area contributed by atoms with E-state index in [9.17, 15) is 5.11 Å². The van der Waals surface area contributed by atoms with Crippen molar-refractivity contribution in [3.8, 4) is 16.9 Å². The van der Waals surface area contributed by atoms with Crippen molar-refractivity contribution in [3.63, 3.8) is 0 Å². The van der Waals surface area contributed by atoms with Gasteiger partial charge in [0.05, 0.1) is 0 Å². The van der Waals surface area contributed by atoms with E-state index in [0.717, 1.165) is 65.1 Å². The number of hydrogen-bond acceptors (Lipinski definition) is 2. The van der Waals surface area contributed by atoms with E-state index in [-0.39, 0.29) is 25.8 Å². The Labute approximate surface area is 284 Å². The van der Waals surface area contributed by atoms with Crippen molar-refractivity contribution in [2.75, 3.05) is 19.6 Å². The summed E-state index contributed by atoms with van der Waals surface area (Å²) in [6.45, 7) is 16.3. The van der Waals surface area contributed by atoms with Gasteiger partial charge >= 0.3 is 25.8 Å². The Morgan fingerprint density at radius 3 is 1.75 bits per heavy atom. The third kappa shape index (κ3) is 12.9. The van der Waals surface area contributed by atoms with Crippen LogP contribution in [-0.2, 0) is 32.3 Å². The monoisotopic (exact) mass is 749 g/mol. The second kappa shape index (κ2) is 20.3. The minimum atomic E-state index is 0. The van der Waals surface area contributed by atoms with E-state index in [1.54, 1.807) is 0 Å². The molecule has 0 aliphatic carbocycles. The molecule has 0 saturated heterocycles. The predicted molar refractivity (Wildman–Crippen MR) is 185 cm³/mol. The largest absolute Gasteiger partial charge is 4.00 e. The molecule has 0 aliphatic heterocycles. The summed E-state index contributed by atoms with van der Waals surface area (Å²) < 4.78 is 0. The van der Waals surface area contributed by atoms with Gasteiger partial charge in [0, 0.05) is 5.56 Å². The summed E-state index contributed by atoms with van der Waals surface area (Å²) in [5.74, 6) is 0.866. The maximum absolute atomic E-state index is 10.8. The summed E-state index contributed by atoms with van der Waals surface area (Å²) in [5.41, 5.74) is 8.63. The fraction of sp³-hybridized carbons (Fsp3) is 0.200. The van der Waals surface area contributed by atoms with Crippen LogP contribution in [-0.4, -0.2) is 24.7 Å². The Morgan fingerprint density at radius 1 is 0.705 bits per heavy atom. The third-order valence-corrected chi connectivity index (χ3v) is 6.80. The topological polar surface area (TPSA) is 46.4 Å². The number of rotatable bonds is 9. The van der Waals surface area contributed by atoms with Gasteiger partial charge in [-0.25, -0.2) is 0 Å². The van der Waals surface area contributed by atoms with Gasteiger partial charge in [-0.1, -0.05) is 92.2 Å². The molecule has 5 rings (SSSR count). The molecule has 0 fully saturated rings. The molecule has 224 valence electrons. The number of nitrogens with one attached hydrogen (secondary N) is 1. The first-order valence-electron chi connectivity index (χ1n) is 14.9. The Balaban J connectivity index is 0.000000367. The van der Waals surface area contributed by atoms with E-state index < -0.39 is 0 Å². The molecular formula is C40H45HfN2O+. The Morgan fingerprint density at radius 2 is 1.23 bits per heavy atom. The molecule has 3 nitrogen and oxygen atoms in total. The van der Waals surface area contributed by atoms with Crippen LogP contribution in [0, 0.1) is 20.8 Å². The number of aryl methyl sites for hydroxylation is 1. The van der Waals surface area contributed by atoms with Gasteiger partial charge in [-0.3, -0.25) is 0 Å². The zero-order valence-electron chi connectivity index (χ0n) is 26.3. The molecule has 0 spiro atoms. The molecule has 0 aromatic heterocycles. The molecule has 0 aliphatic rings. The molecule has 4 heteroatoms. The predicted octanol–water partition coefficient (Wildman–Crippen LogP) is 10.1. The Bertz CT molecular complexity index is 1430. The number of aromatic hydroxyl groups is 1. The van der Waals surface area contributed by atoms with E-state index in [1.165, 1.54) is 5.56 Å². The first kappa shape index (κ1) is 36.5. The van der Waals surface area contributed by atoms with E-state index >= 15 is 0 Å². The maximum Gasteiger partial charge on any atom is 4.00 e. The van der Waals surface area contributed by atoms with Crippen molar-refractivity contribution in [3.05, 3.63) is 174 Å². The van der Waals surface area contributed by atoms with Crippen LogP contribution in [0.25, 0.3) is 16.4 Å². The second-order valence-corrected chi connectivity index (χ2v) is 10.8. The van der Waals surface area contributed by atoms with Crippen molar-refractivity contribution >= 4 is 5.69 Å². The van der Waals surface area contributed by atoms with Gasteiger partial charge in [0.1, 0.15) is 5.75 Å². The van der Waals surface area contributed by atoms with Gasteiger partial charge in [-0.15, -0.1) is 36.5 Å². The number of benzene rings is 5. The van der Waals surface area contributed by atoms with Gasteiger partial charge < -0.3 is 15.7 Å². The van der Waals surface area contributed by atoms with Crippen LogP contribution in [0.4, 0.5) is 5.69 Å². The van der Waals surface area contributed by atoms with Crippen LogP contribution in [0.5, 0.6) is 5.75 Å². The second-order valence-electron chi connectivity index (χ2n) is 10.8. The summed E-state index contributed by atoms with van der Waals surface area (Å²) in [5, 5.41) is 19.0. The van der Waals surface area contributed by atoms with Crippen molar-refractivity contribution < 1.29 is 30.9 Å². The number of nitrogens with zero attached hydrogens (tertiary/aromatic N) is 1. The zero-order chi connectivity index (χ0) is 30.9. The average Bonchev–Trinajstić information content (AvgIpc) is 3.02. The number of phenolic OH excluding ortho intramolecular Hbond substituents is 1. The van der Waals surface area contributed by atoms with Gasteiger partial charge in [-0.2, -0.15) is 49.2 Å². The molecule has 44 heavy (non-hydrogen) atoms. The van der Waals surface area contributed by atoms with Gasteiger partial charge in [0.2, 0.25) is 0 Å². The van der Waals surface area contributed by atoms with Crippen molar-refractivity contribution in [2.45, 2.75) is 33.1 Å². The van der Waals surface area contributed by atoms with Crippen LogP contribution >= 0.6 is 0 Å². The van der Waals surface area contributed by atoms with Crippen LogP contribution in [0.15, 0.2) is 127 Å². The fourth-order valence-corrected chi connectivity index (χ4v) is 4.56. The van der Waals surface area contributed by atoms with Crippen LogP contribution in [0.2, 0.25) is 0 Å². The minimum Gasteiger partial charge on any atom is -0.683 e. The molecule has 0 saturated carbocycles. The van der Waals surface area contributed by atoms with Gasteiger partial charge in [-0.05, 0) is 55.1 Å². The Kier molecular flexibility index (Phi) is 16.8. The molecular weight excluding hydrogens is 703 g/mol. The van der Waals surface area contributed by atoms with E-state index in [1.807, 2.05) is 103 Å². The van der Waals surface area contributed by atoms with Crippen molar-refractivity contribution in [1.82, 2.24) is 5.32 Å². The standard InChI is InChI=1S/C26H31N2O.2C7H7.Hf/c1-19(2)23-11-7-8-12-25(23)28-16-15-27-14-13-22-17-20(3)18-24(26(22)29)21-9-5-4-6-10-21;2*1-7-5-3-2-4-6-7;/h4-12,17-19,27,29H,13-16H2,1-3H3;2*2-6H,1H2;/q3*-1;+4. The number of para-hydroxylation sites is 1. The van der Waals surface area contributed by atoms with Gasteiger partial charge in [0.25, 0.3) is 0 Å². The maximum atomic E-state index is 10.8. The summed E-state index contributed by atoms with van der Waals surface area (Å²) in [6.07, 6.45) is 0.788. The SMILES string of the molecule is Cc1cc(CCNCC[N-]c2ccccc2C(C)C)c(O)c(-c2ccccc2)c1.[CH2-]c1ccccc1.[CH2-]c1ccccc1.[Hf+4]. The van der Waals surface area contributed by atoms with E-state index in [4.69, 9.17) is 5.32 Å². The number of hydrogen-bond donors (Lipinski definition) is 2. The normalized spacial score (nSPS) is 10.0. The summed E-state index contributed by atoms with van der Waals surface area (Å²) in [4.78, 5) is 0. The Hall–Kier alpha value is -3.73. The smallest absolute Gasteiger partial charge is 0.683 e. The van der Waals surface area contributed by atoms with E-state index in [0.29, 0.717) is 11.7 Å². The fourth-order valence-electron chi connectivity index (χ4n) is 4.56. The molecule has 2 N–H and O–H groups in total. The first-order valence-corrected chi connectivity index (χ1v) is 14.9. The van der Waals surface area contributed by atoms with Gasteiger partial charge in [0.15, 0.2) is 0 Å². The number of phenols is 1. The first-order chi connectivity index (χ1) is 20.8. The minimum absolute atomic E-state index is 0.